The van der Waals surface area contributed by atoms with Gasteiger partial charge in [-0.3, -0.25) is 4.90 Å². The Labute approximate surface area is 101 Å². The van der Waals surface area contributed by atoms with E-state index in [0.717, 1.165) is 11.3 Å². The highest BCUT2D eigenvalue weighted by molar-refractivity contribution is 5.89. The Kier molecular flexibility index (Phi) is 3.33. The maximum Gasteiger partial charge on any atom is 0.414 e. The number of cyclic esters (lactones) is 1. The summed E-state index contributed by atoms with van der Waals surface area (Å²) in [5.41, 5.74) is 8.85. The minimum Gasteiger partial charge on any atom is -0.449 e. The first kappa shape index (κ1) is 11.9. The molecule has 2 rings (SSSR count). The lowest BCUT2D eigenvalue weighted by Gasteiger charge is -2.32. The van der Waals surface area contributed by atoms with Crippen LogP contribution in [-0.2, 0) is 4.74 Å². The second kappa shape index (κ2) is 4.75. The summed E-state index contributed by atoms with van der Waals surface area (Å²) in [5, 5.41) is 0. The largest absolute Gasteiger partial charge is 0.449 e. The molecule has 0 bridgehead atoms. The Morgan fingerprint density at radius 3 is 2.94 bits per heavy atom. The van der Waals surface area contributed by atoms with E-state index >= 15 is 0 Å². The molecule has 1 atom stereocenters. The molecule has 1 unspecified atom stereocenters. The summed E-state index contributed by atoms with van der Waals surface area (Å²) in [7, 11) is 0. The molecule has 1 fully saturated rings. The van der Waals surface area contributed by atoms with Crippen LogP contribution in [-0.4, -0.2) is 25.8 Å². The maximum absolute atomic E-state index is 11.8. The maximum atomic E-state index is 11.8. The third kappa shape index (κ3) is 2.26. The molecule has 1 aromatic rings. The van der Waals surface area contributed by atoms with Crippen molar-refractivity contribution in [3.63, 3.8) is 0 Å². The molecule has 17 heavy (non-hydrogen) atoms. The number of nitrogens with zero attached hydrogens (tertiary/aromatic N) is 1. The van der Waals surface area contributed by atoms with Crippen LogP contribution in [0.5, 0.6) is 0 Å². The number of carbonyl (C=O) groups excluding carboxylic acids is 1. The smallest absolute Gasteiger partial charge is 0.414 e. The summed E-state index contributed by atoms with van der Waals surface area (Å²) < 4.78 is 5.15. The van der Waals surface area contributed by atoms with E-state index in [2.05, 4.69) is 0 Å². The average Bonchev–Trinajstić information content (AvgIpc) is 2.34. The minimum atomic E-state index is -0.275. The van der Waals surface area contributed by atoms with Gasteiger partial charge in [0.25, 0.3) is 0 Å². The molecule has 92 valence electrons. The van der Waals surface area contributed by atoms with E-state index in [0.29, 0.717) is 19.7 Å². The Balaban J connectivity index is 2.31. The Morgan fingerprint density at radius 2 is 2.24 bits per heavy atom. The Bertz CT molecular complexity index is 431. The number of amides is 1. The molecule has 1 saturated heterocycles. The van der Waals surface area contributed by atoms with Crippen molar-refractivity contribution in [2.45, 2.75) is 13.8 Å². The highest BCUT2D eigenvalue weighted by Crippen LogP contribution is 2.26. The van der Waals surface area contributed by atoms with Crippen molar-refractivity contribution in [3.8, 4) is 0 Å². The number of nitrogens with two attached hydrogens (primary N) is 1. The molecule has 0 spiro atoms. The van der Waals surface area contributed by atoms with Crippen molar-refractivity contribution in [1.82, 2.24) is 0 Å². The van der Waals surface area contributed by atoms with Gasteiger partial charge in [0.15, 0.2) is 0 Å². The van der Waals surface area contributed by atoms with Crippen LogP contribution in [0.3, 0.4) is 0 Å². The lowest BCUT2D eigenvalue weighted by atomic mass is 10.0. The summed E-state index contributed by atoms with van der Waals surface area (Å²) in [6, 6.07) is 5.94. The first-order valence-corrected chi connectivity index (χ1v) is 5.84. The summed E-state index contributed by atoms with van der Waals surface area (Å²) in [5.74, 6) is 0.215. The number of anilines is 1. The van der Waals surface area contributed by atoms with E-state index in [1.807, 2.05) is 32.0 Å². The third-order valence-corrected chi connectivity index (χ3v) is 3.30. The van der Waals surface area contributed by atoms with Gasteiger partial charge >= 0.3 is 6.09 Å². The van der Waals surface area contributed by atoms with Gasteiger partial charge in [0, 0.05) is 19.0 Å². The normalized spacial score (nSPS) is 20.3. The molecular weight excluding hydrogens is 216 g/mol. The number of hydrogen-bond acceptors (Lipinski definition) is 3. The number of rotatable bonds is 2. The van der Waals surface area contributed by atoms with Gasteiger partial charge in [0.2, 0.25) is 0 Å². The van der Waals surface area contributed by atoms with E-state index < -0.39 is 0 Å². The van der Waals surface area contributed by atoms with Crippen LogP contribution in [0, 0.1) is 19.8 Å². The van der Waals surface area contributed by atoms with Crippen molar-refractivity contribution in [1.29, 1.82) is 0 Å². The molecular formula is C13H18N2O2. The summed E-state index contributed by atoms with van der Waals surface area (Å²) in [6.45, 7) is 5.66. The van der Waals surface area contributed by atoms with Crippen molar-refractivity contribution >= 4 is 11.8 Å². The summed E-state index contributed by atoms with van der Waals surface area (Å²) >= 11 is 0. The molecule has 1 heterocycles. The molecule has 4 heteroatoms. The van der Waals surface area contributed by atoms with Crippen LogP contribution in [0.1, 0.15) is 11.1 Å². The fourth-order valence-corrected chi connectivity index (χ4v) is 2.02. The monoisotopic (exact) mass is 234 g/mol. The van der Waals surface area contributed by atoms with Gasteiger partial charge < -0.3 is 10.5 Å². The summed E-state index contributed by atoms with van der Waals surface area (Å²) in [4.78, 5) is 13.5. The highest BCUT2D eigenvalue weighted by Gasteiger charge is 2.28. The standard InChI is InChI=1S/C13H18N2O2/c1-9-4-3-5-12(10(9)2)15-7-11(6-14)8-17-13(15)16/h3-5,11H,6-8,14H2,1-2H3. The molecule has 2 N–H and O–H groups in total. The zero-order valence-electron chi connectivity index (χ0n) is 10.3. The van der Waals surface area contributed by atoms with Gasteiger partial charge in [-0.1, -0.05) is 12.1 Å². The summed E-state index contributed by atoms with van der Waals surface area (Å²) in [6.07, 6.45) is -0.275. The minimum absolute atomic E-state index is 0.215. The lowest BCUT2D eigenvalue weighted by molar-refractivity contribution is 0.117. The van der Waals surface area contributed by atoms with Crippen LogP contribution in [0.4, 0.5) is 10.5 Å². The van der Waals surface area contributed by atoms with E-state index in [1.165, 1.54) is 5.56 Å². The van der Waals surface area contributed by atoms with Crippen LogP contribution in [0.15, 0.2) is 18.2 Å². The molecule has 0 radical (unpaired) electrons. The molecule has 1 aliphatic heterocycles. The Hall–Kier alpha value is -1.55. The van der Waals surface area contributed by atoms with Gasteiger partial charge in [-0.25, -0.2) is 4.79 Å². The molecule has 1 aromatic carbocycles. The number of aryl methyl sites for hydroxylation is 1. The number of hydrogen-bond donors (Lipinski definition) is 1. The van der Waals surface area contributed by atoms with Gasteiger partial charge in [0.1, 0.15) is 0 Å². The fraction of sp³-hybridized carbons (Fsp3) is 0.462. The van der Waals surface area contributed by atoms with Crippen molar-refractivity contribution in [2.24, 2.45) is 11.7 Å². The van der Waals surface area contributed by atoms with E-state index in [1.54, 1.807) is 4.90 Å². The molecule has 0 saturated carbocycles. The van der Waals surface area contributed by atoms with Crippen LogP contribution >= 0.6 is 0 Å². The lowest BCUT2D eigenvalue weighted by Crippen LogP contribution is -2.45. The molecule has 1 aliphatic rings. The van der Waals surface area contributed by atoms with Crippen LogP contribution in [0.2, 0.25) is 0 Å². The fourth-order valence-electron chi connectivity index (χ4n) is 2.02. The second-order valence-electron chi connectivity index (χ2n) is 4.51. The van der Waals surface area contributed by atoms with Gasteiger partial charge in [-0.2, -0.15) is 0 Å². The zero-order chi connectivity index (χ0) is 12.4. The second-order valence-corrected chi connectivity index (χ2v) is 4.51. The van der Waals surface area contributed by atoms with E-state index in [4.69, 9.17) is 10.5 Å². The van der Waals surface area contributed by atoms with Crippen molar-refractivity contribution < 1.29 is 9.53 Å². The van der Waals surface area contributed by atoms with E-state index in [-0.39, 0.29) is 12.0 Å². The van der Waals surface area contributed by atoms with Gasteiger partial charge in [0.05, 0.1) is 12.3 Å². The number of carbonyl (C=O) groups is 1. The number of benzene rings is 1. The number of ether oxygens (including phenoxy) is 1. The average molecular weight is 234 g/mol. The zero-order valence-corrected chi connectivity index (χ0v) is 10.3. The molecule has 4 nitrogen and oxygen atoms in total. The predicted molar refractivity (Wildman–Crippen MR) is 67.2 cm³/mol. The molecule has 0 aromatic heterocycles. The van der Waals surface area contributed by atoms with Crippen molar-refractivity contribution in [2.75, 3.05) is 24.6 Å². The first-order valence-electron chi connectivity index (χ1n) is 5.84. The Morgan fingerprint density at radius 1 is 1.47 bits per heavy atom. The van der Waals surface area contributed by atoms with Crippen LogP contribution < -0.4 is 10.6 Å². The highest BCUT2D eigenvalue weighted by atomic mass is 16.6. The van der Waals surface area contributed by atoms with Crippen molar-refractivity contribution in [3.05, 3.63) is 29.3 Å². The molecule has 1 amide bonds. The first-order chi connectivity index (χ1) is 8.13. The van der Waals surface area contributed by atoms with Gasteiger partial charge in [-0.15, -0.1) is 0 Å². The van der Waals surface area contributed by atoms with Crippen LogP contribution in [0.25, 0.3) is 0 Å². The quantitative estimate of drug-likeness (QED) is 0.849. The molecule has 0 aliphatic carbocycles. The predicted octanol–water partition coefficient (Wildman–Crippen LogP) is 1.83. The SMILES string of the molecule is Cc1cccc(N2CC(CN)COC2=O)c1C. The third-order valence-electron chi connectivity index (χ3n) is 3.30. The topological polar surface area (TPSA) is 55.6 Å². The van der Waals surface area contributed by atoms with Gasteiger partial charge in [-0.05, 0) is 31.0 Å². The van der Waals surface area contributed by atoms with E-state index in [9.17, 15) is 4.79 Å².